The zero-order valence-corrected chi connectivity index (χ0v) is 8.78. The van der Waals surface area contributed by atoms with Crippen LogP contribution in [0, 0.1) is 0 Å². The molecule has 0 amide bonds. The Morgan fingerprint density at radius 2 is 2.00 bits per heavy atom. The second-order valence-corrected chi connectivity index (χ2v) is 9.03. The minimum Gasteiger partial charge on any atom is -0.355 e. The van der Waals surface area contributed by atoms with Crippen LogP contribution >= 0.6 is 51.1 Å². The quantitative estimate of drug-likeness (QED) is 0.668. The highest BCUT2D eigenvalue weighted by Gasteiger charge is 2.10. The maximum Gasteiger partial charge on any atom is 0.0985 e. The van der Waals surface area contributed by atoms with Gasteiger partial charge in [-0.3, -0.25) is 0 Å². The Morgan fingerprint density at radius 3 is 3.00 bits per heavy atom. The van der Waals surface area contributed by atoms with Crippen LogP contribution in [0.4, 0.5) is 0 Å². The highest BCUT2D eigenvalue weighted by Crippen LogP contribution is 2.58. The molecule has 0 aromatic carbocycles. The average molecular weight is 225 g/mol. The molecule has 1 aliphatic heterocycles. The second kappa shape index (κ2) is 3.62. The average Bonchev–Trinajstić information content (AvgIpc) is 2.28. The standard InChI is InChI=1S/C4H3NS5/c1-2-5-4-3(1)6-8-10-9-7-4/h1-2,5H. The van der Waals surface area contributed by atoms with E-state index in [1.54, 1.807) is 10.8 Å². The number of hydrogen-bond acceptors (Lipinski definition) is 5. The number of rotatable bonds is 0. The minimum absolute atomic E-state index is 1.28. The normalized spacial score (nSPS) is 18.0. The summed E-state index contributed by atoms with van der Waals surface area (Å²) < 4.78 is 0. The Hall–Kier alpha value is 1.03. The Bertz CT molecular complexity index is 201. The topological polar surface area (TPSA) is 15.8 Å². The highest BCUT2D eigenvalue weighted by molar-refractivity contribution is 9.36. The lowest BCUT2D eigenvalue weighted by atomic mass is 10.7. The van der Waals surface area contributed by atoms with Crippen molar-refractivity contribution >= 4 is 51.1 Å². The molecule has 2 heterocycles. The minimum atomic E-state index is 1.28. The first-order valence-electron chi connectivity index (χ1n) is 2.49. The zero-order valence-electron chi connectivity index (χ0n) is 4.70. The predicted octanol–water partition coefficient (Wildman–Crippen LogP) is 4.07. The molecule has 0 atom stereocenters. The Morgan fingerprint density at radius 1 is 1.10 bits per heavy atom. The molecule has 0 aliphatic carbocycles. The fourth-order valence-corrected chi connectivity index (χ4v) is 9.31. The van der Waals surface area contributed by atoms with Crippen molar-refractivity contribution in [3.05, 3.63) is 12.3 Å². The molecule has 54 valence electrons. The Balaban J connectivity index is 2.28. The molecule has 6 heteroatoms. The van der Waals surface area contributed by atoms with E-state index < -0.39 is 0 Å². The van der Waals surface area contributed by atoms with Crippen LogP contribution in [0.3, 0.4) is 0 Å². The number of H-pyrrole nitrogens is 1. The van der Waals surface area contributed by atoms with Crippen molar-refractivity contribution in [1.82, 2.24) is 4.98 Å². The van der Waals surface area contributed by atoms with E-state index in [-0.39, 0.29) is 0 Å². The number of hydrogen-bond donors (Lipinski definition) is 1. The van der Waals surface area contributed by atoms with Crippen molar-refractivity contribution in [2.24, 2.45) is 0 Å². The van der Waals surface area contributed by atoms with Gasteiger partial charge < -0.3 is 4.98 Å². The smallest absolute Gasteiger partial charge is 0.0985 e. The summed E-state index contributed by atoms with van der Waals surface area (Å²) in [4.78, 5) is 4.55. The third-order valence-electron chi connectivity index (χ3n) is 0.970. The third-order valence-corrected chi connectivity index (χ3v) is 9.38. The molecule has 1 aromatic heterocycles. The molecular formula is C4H3NS5. The van der Waals surface area contributed by atoms with E-state index in [1.807, 2.05) is 46.5 Å². The SMILES string of the molecule is c1cc2c([nH]1)SSSSS2. The van der Waals surface area contributed by atoms with E-state index in [0.29, 0.717) is 0 Å². The van der Waals surface area contributed by atoms with Gasteiger partial charge in [-0.25, -0.2) is 0 Å². The van der Waals surface area contributed by atoms with Crippen LogP contribution in [0.5, 0.6) is 0 Å². The number of nitrogens with one attached hydrogen (secondary N) is 1. The molecule has 10 heavy (non-hydrogen) atoms. The van der Waals surface area contributed by atoms with E-state index in [1.165, 1.54) is 9.92 Å². The van der Waals surface area contributed by atoms with Gasteiger partial charge in [0.1, 0.15) is 0 Å². The zero-order chi connectivity index (χ0) is 6.81. The fraction of sp³-hybridized carbons (Fsp3) is 0. The summed E-state index contributed by atoms with van der Waals surface area (Å²) in [6.07, 6.45) is 1.99. The monoisotopic (exact) mass is 225 g/mol. The summed E-state index contributed by atoms with van der Waals surface area (Å²) in [6.45, 7) is 0. The van der Waals surface area contributed by atoms with Crippen molar-refractivity contribution in [1.29, 1.82) is 0 Å². The summed E-state index contributed by atoms with van der Waals surface area (Å²) >= 11 is 0. The van der Waals surface area contributed by atoms with Crippen molar-refractivity contribution in [3.63, 3.8) is 0 Å². The molecule has 1 aliphatic rings. The summed E-state index contributed by atoms with van der Waals surface area (Å²) in [5, 5.41) is 1.28. The fourth-order valence-electron chi connectivity index (χ4n) is 0.580. The van der Waals surface area contributed by atoms with Gasteiger partial charge in [0.2, 0.25) is 0 Å². The molecule has 0 bridgehead atoms. The molecule has 0 saturated carbocycles. The molecule has 0 fully saturated rings. The lowest BCUT2D eigenvalue weighted by Gasteiger charge is -1.89. The van der Waals surface area contributed by atoms with Gasteiger partial charge in [0.25, 0.3) is 0 Å². The molecule has 2 rings (SSSR count). The van der Waals surface area contributed by atoms with Crippen LogP contribution < -0.4 is 0 Å². The van der Waals surface area contributed by atoms with Gasteiger partial charge in [-0.05, 0) is 57.1 Å². The molecule has 0 unspecified atom stereocenters. The van der Waals surface area contributed by atoms with E-state index in [4.69, 9.17) is 0 Å². The first-order valence-corrected chi connectivity index (χ1v) is 8.64. The van der Waals surface area contributed by atoms with Crippen molar-refractivity contribution in [2.75, 3.05) is 0 Å². The molecule has 0 radical (unpaired) electrons. The van der Waals surface area contributed by atoms with Crippen LogP contribution in [0.25, 0.3) is 0 Å². The van der Waals surface area contributed by atoms with Gasteiger partial charge in [-0.15, -0.1) is 0 Å². The molecule has 1 aromatic rings. The summed E-state index contributed by atoms with van der Waals surface area (Å²) in [5.41, 5.74) is 0. The maximum absolute atomic E-state index is 3.19. The number of aromatic amines is 1. The van der Waals surface area contributed by atoms with Gasteiger partial charge >= 0.3 is 0 Å². The van der Waals surface area contributed by atoms with Crippen LogP contribution in [0.2, 0.25) is 0 Å². The predicted molar refractivity (Wildman–Crippen MR) is 55.3 cm³/mol. The maximum atomic E-state index is 3.19. The largest absolute Gasteiger partial charge is 0.355 e. The second-order valence-electron chi connectivity index (χ2n) is 1.54. The summed E-state index contributed by atoms with van der Waals surface area (Å²) in [5.74, 6) is 0. The number of fused-ring (bicyclic) bond motifs is 1. The van der Waals surface area contributed by atoms with E-state index in [2.05, 4.69) is 11.1 Å². The van der Waals surface area contributed by atoms with Gasteiger partial charge in [-0.2, -0.15) is 0 Å². The number of aromatic nitrogens is 1. The van der Waals surface area contributed by atoms with Crippen molar-refractivity contribution < 1.29 is 0 Å². The summed E-state index contributed by atoms with van der Waals surface area (Å²) in [7, 11) is 9.06. The van der Waals surface area contributed by atoms with Gasteiger partial charge in [0.05, 0.1) is 9.92 Å². The molecular weight excluding hydrogens is 222 g/mol. The van der Waals surface area contributed by atoms with Crippen molar-refractivity contribution in [3.8, 4) is 0 Å². The van der Waals surface area contributed by atoms with E-state index >= 15 is 0 Å². The van der Waals surface area contributed by atoms with Gasteiger partial charge in [0.15, 0.2) is 0 Å². The van der Waals surface area contributed by atoms with Crippen LogP contribution in [-0.4, -0.2) is 4.98 Å². The third kappa shape index (κ3) is 1.61. The van der Waals surface area contributed by atoms with E-state index in [0.717, 1.165) is 0 Å². The van der Waals surface area contributed by atoms with E-state index in [9.17, 15) is 0 Å². The first-order chi connectivity index (χ1) is 4.97. The van der Waals surface area contributed by atoms with Crippen LogP contribution in [0.15, 0.2) is 22.2 Å². The molecule has 0 spiro atoms. The molecule has 1 nitrogen and oxygen atoms in total. The van der Waals surface area contributed by atoms with Crippen molar-refractivity contribution in [2.45, 2.75) is 9.92 Å². The van der Waals surface area contributed by atoms with Crippen LogP contribution in [-0.2, 0) is 0 Å². The Labute approximate surface area is 77.9 Å². The van der Waals surface area contributed by atoms with Crippen LogP contribution in [0.1, 0.15) is 0 Å². The lowest BCUT2D eigenvalue weighted by Crippen LogP contribution is -1.63. The lowest BCUT2D eigenvalue weighted by molar-refractivity contribution is 1.14. The first kappa shape index (κ1) is 7.67. The molecule has 1 N–H and O–H groups in total. The summed E-state index contributed by atoms with van der Waals surface area (Å²) in [6, 6.07) is 2.12. The van der Waals surface area contributed by atoms with Gasteiger partial charge in [0, 0.05) is 6.20 Å². The molecule has 0 saturated heterocycles. The van der Waals surface area contributed by atoms with Gasteiger partial charge in [-0.1, -0.05) is 0 Å². The Kier molecular flexibility index (Phi) is 2.78. The highest BCUT2D eigenvalue weighted by atomic mass is 33.8.